The highest BCUT2D eigenvalue weighted by molar-refractivity contribution is 5.77. The van der Waals surface area contributed by atoms with Crippen molar-refractivity contribution in [2.24, 2.45) is 17.3 Å². The Hall–Kier alpha value is -4.02. The lowest BCUT2D eigenvalue weighted by molar-refractivity contribution is 0.0734. The molecular formula is C32H36N8O2. The highest BCUT2D eigenvalue weighted by Crippen LogP contribution is 2.60. The van der Waals surface area contributed by atoms with Gasteiger partial charge in [0.1, 0.15) is 11.5 Å². The van der Waals surface area contributed by atoms with E-state index in [1.54, 1.807) is 10.8 Å². The minimum atomic E-state index is -1.76. The number of aryl methyl sites for hydroxylation is 1. The summed E-state index contributed by atoms with van der Waals surface area (Å²) in [5.74, 6) is 2.26. The van der Waals surface area contributed by atoms with Crippen LogP contribution in [0.25, 0.3) is 16.9 Å². The van der Waals surface area contributed by atoms with Crippen molar-refractivity contribution in [2.45, 2.75) is 38.3 Å². The van der Waals surface area contributed by atoms with E-state index >= 15 is 0 Å². The second kappa shape index (κ2) is 9.50. The monoisotopic (exact) mass is 565 g/mol. The van der Waals surface area contributed by atoms with Crippen LogP contribution in [0.2, 0.25) is 0 Å². The number of aromatic nitrogens is 5. The summed E-state index contributed by atoms with van der Waals surface area (Å²) < 4.78 is 12.0. The average Bonchev–Trinajstić information content (AvgIpc) is 3.47. The number of aliphatic hydroxyl groups is 1. The van der Waals surface area contributed by atoms with E-state index in [0.717, 1.165) is 61.9 Å². The molecule has 1 saturated carbocycles. The Morgan fingerprint density at radius 3 is 2.57 bits per heavy atom. The summed E-state index contributed by atoms with van der Waals surface area (Å²) in [4.78, 5) is 32.4. The zero-order valence-electron chi connectivity index (χ0n) is 24.8. The number of hydrogen-bond acceptors (Lipinski definition) is 8. The summed E-state index contributed by atoms with van der Waals surface area (Å²) in [6.07, 6.45) is 4.64. The predicted octanol–water partition coefficient (Wildman–Crippen LogP) is 3.66. The Morgan fingerprint density at radius 2 is 1.86 bits per heavy atom. The van der Waals surface area contributed by atoms with Gasteiger partial charge >= 0.3 is 0 Å². The van der Waals surface area contributed by atoms with Crippen LogP contribution in [0.15, 0.2) is 60.0 Å². The van der Waals surface area contributed by atoms with Crippen LogP contribution in [0, 0.1) is 17.3 Å². The van der Waals surface area contributed by atoms with Crippen molar-refractivity contribution in [3.05, 3.63) is 76.9 Å². The Kier molecular flexibility index (Phi) is 5.56. The molecule has 0 radical (unpaired) electrons. The minimum absolute atomic E-state index is 0.238. The molecule has 4 aliphatic rings. The number of allylic oxidation sites excluding steroid dienone is 1. The molecule has 4 aromatic rings. The first kappa shape index (κ1) is 24.6. The number of nitrogens with zero attached hydrogens (tertiary/aromatic N) is 7. The molecule has 0 amide bonds. The zero-order valence-corrected chi connectivity index (χ0v) is 23.8. The quantitative estimate of drug-likeness (QED) is 0.342. The SMILES string of the molecule is [2H][C@]1(O)c2nc(-n3c4nc(Nc5ccc(N6C[C@H]7CN(C)C[C@H]7C6)cc5)ncc4c(=O)n3CC=C)ccc2CCC12CC2. The Labute approximate surface area is 245 Å². The first-order valence-electron chi connectivity index (χ1n) is 15.4. The topological polar surface area (TPSA) is 104 Å². The van der Waals surface area contributed by atoms with Crippen LogP contribution in [0.4, 0.5) is 17.3 Å². The summed E-state index contributed by atoms with van der Waals surface area (Å²) in [6.45, 7) is 8.60. The molecule has 10 heteroatoms. The molecule has 8 rings (SSSR count). The lowest BCUT2D eigenvalue weighted by atomic mass is 9.82. The van der Waals surface area contributed by atoms with Crippen molar-refractivity contribution < 1.29 is 6.48 Å². The van der Waals surface area contributed by atoms with E-state index in [1.807, 2.05) is 24.3 Å². The van der Waals surface area contributed by atoms with E-state index in [4.69, 9.17) is 11.3 Å². The summed E-state index contributed by atoms with van der Waals surface area (Å²) in [7, 11) is 2.21. The first-order valence-corrected chi connectivity index (χ1v) is 14.9. The third-order valence-electron chi connectivity index (χ3n) is 9.77. The Balaban J connectivity index is 1.12. The third-order valence-corrected chi connectivity index (χ3v) is 9.77. The van der Waals surface area contributed by atoms with Crippen molar-refractivity contribution in [3.8, 4) is 5.82 Å². The molecule has 0 unspecified atom stereocenters. The van der Waals surface area contributed by atoms with Gasteiger partial charge in [-0.2, -0.15) is 4.98 Å². The number of anilines is 3. The zero-order chi connectivity index (χ0) is 29.5. The van der Waals surface area contributed by atoms with Crippen LogP contribution < -0.4 is 15.8 Å². The number of benzene rings is 1. The van der Waals surface area contributed by atoms with Crippen molar-refractivity contribution in [1.29, 1.82) is 0 Å². The molecular weight excluding hydrogens is 528 g/mol. The number of nitrogens with one attached hydrogen (secondary N) is 1. The molecule has 1 spiro atoms. The normalized spacial score (nSPS) is 26.3. The van der Waals surface area contributed by atoms with Gasteiger partial charge < -0.3 is 20.2 Å². The summed E-state index contributed by atoms with van der Waals surface area (Å²) in [5.41, 5.74) is 3.02. The van der Waals surface area contributed by atoms with E-state index in [2.05, 4.69) is 45.9 Å². The number of fused-ring (bicyclic) bond motifs is 3. The van der Waals surface area contributed by atoms with Gasteiger partial charge in [-0.05, 0) is 80.5 Å². The molecule has 216 valence electrons. The summed E-state index contributed by atoms with van der Waals surface area (Å²) >= 11 is 0. The molecule has 5 heterocycles. The fourth-order valence-corrected chi connectivity index (χ4v) is 7.32. The van der Waals surface area contributed by atoms with Crippen LogP contribution in [0.5, 0.6) is 0 Å². The highest BCUT2D eigenvalue weighted by Gasteiger charge is 2.52. The minimum Gasteiger partial charge on any atom is -0.386 e. The molecule has 42 heavy (non-hydrogen) atoms. The molecule has 3 fully saturated rings. The van der Waals surface area contributed by atoms with Crippen LogP contribution in [0.3, 0.4) is 0 Å². The Morgan fingerprint density at radius 1 is 1.10 bits per heavy atom. The van der Waals surface area contributed by atoms with Gasteiger partial charge in [-0.25, -0.2) is 19.3 Å². The average molecular weight is 566 g/mol. The van der Waals surface area contributed by atoms with Gasteiger partial charge in [-0.1, -0.05) is 12.1 Å². The standard InChI is InChI=1S/C32H36N8O2/c1-3-14-39-30(42)25-15-33-31(34-23-5-7-24(8-6-23)38-18-21-16-37(2)17-22(21)19-38)36-29(25)40(39)26-9-4-20-10-11-32(12-13-32)28(41)27(20)35-26/h3-9,15,21-22,28,41H,1,10-14,16-19H2,2H3,(H,33,34,36)/t21-,22+,28-/m0/s1/i28D. The largest absolute Gasteiger partial charge is 0.386 e. The molecule has 0 bridgehead atoms. The third kappa shape index (κ3) is 4.07. The van der Waals surface area contributed by atoms with E-state index in [0.29, 0.717) is 28.5 Å². The lowest BCUT2D eigenvalue weighted by Gasteiger charge is -2.29. The van der Waals surface area contributed by atoms with E-state index in [9.17, 15) is 9.90 Å². The second-order valence-corrected chi connectivity index (χ2v) is 12.5. The van der Waals surface area contributed by atoms with E-state index < -0.39 is 11.5 Å². The Bertz CT molecular complexity index is 1790. The fourth-order valence-electron chi connectivity index (χ4n) is 7.32. The molecule has 2 saturated heterocycles. The number of rotatable bonds is 6. The smallest absolute Gasteiger partial charge is 0.278 e. The van der Waals surface area contributed by atoms with Crippen molar-refractivity contribution in [3.63, 3.8) is 0 Å². The number of likely N-dealkylation sites (tertiary alicyclic amines) is 1. The fraction of sp³-hybridized carbons (Fsp3) is 0.438. The second-order valence-electron chi connectivity index (χ2n) is 12.5. The molecule has 2 aliphatic heterocycles. The van der Waals surface area contributed by atoms with Gasteiger partial charge in [0.05, 0.1) is 13.6 Å². The maximum Gasteiger partial charge on any atom is 0.278 e. The molecule has 3 aromatic heterocycles. The first-order chi connectivity index (χ1) is 20.8. The maximum atomic E-state index is 13.4. The molecule has 2 aliphatic carbocycles. The van der Waals surface area contributed by atoms with Gasteiger partial charge in [0.2, 0.25) is 5.95 Å². The highest BCUT2D eigenvalue weighted by atomic mass is 16.3. The van der Waals surface area contributed by atoms with Crippen LogP contribution in [-0.2, 0) is 13.0 Å². The van der Waals surface area contributed by atoms with E-state index in [-0.39, 0.29) is 12.1 Å². The van der Waals surface area contributed by atoms with Crippen molar-refractivity contribution in [1.82, 2.24) is 29.2 Å². The molecule has 3 atom stereocenters. The number of pyridine rings is 1. The van der Waals surface area contributed by atoms with Gasteiger partial charge in [0.25, 0.3) is 5.56 Å². The van der Waals surface area contributed by atoms with Gasteiger partial charge in [-0.15, -0.1) is 6.58 Å². The summed E-state index contributed by atoms with van der Waals surface area (Å²) in [6, 6.07) is 12.1. The summed E-state index contributed by atoms with van der Waals surface area (Å²) in [5, 5.41) is 15.0. The number of hydrogen-bond donors (Lipinski definition) is 2. The van der Waals surface area contributed by atoms with Crippen LogP contribution in [0.1, 0.15) is 38.0 Å². The van der Waals surface area contributed by atoms with Gasteiger partial charge in [0.15, 0.2) is 11.5 Å². The molecule has 10 nitrogen and oxygen atoms in total. The maximum absolute atomic E-state index is 13.4. The van der Waals surface area contributed by atoms with Crippen molar-refractivity contribution >= 4 is 28.4 Å². The van der Waals surface area contributed by atoms with Gasteiger partial charge in [-0.3, -0.25) is 4.79 Å². The lowest BCUT2D eigenvalue weighted by Crippen LogP contribution is -2.26. The van der Waals surface area contributed by atoms with Crippen LogP contribution >= 0.6 is 0 Å². The van der Waals surface area contributed by atoms with Gasteiger partial charge in [0, 0.05) is 49.2 Å². The molecule has 2 N–H and O–H groups in total. The predicted molar refractivity (Wildman–Crippen MR) is 162 cm³/mol. The molecule has 1 aromatic carbocycles. The van der Waals surface area contributed by atoms with E-state index in [1.165, 1.54) is 29.7 Å². The van der Waals surface area contributed by atoms with Crippen molar-refractivity contribution in [2.75, 3.05) is 43.4 Å². The van der Waals surface area contributed by atoms with Crippen LogP contribution in [-0.4, -0.2) is 67.5 Å².